The van der Waals surface area contributed by atoms with Gasteiger partial charge in [0, 0.05) is 45.0 Å². The molecule has 60 heavy (non-hydrogen) atoms. The molecule has 0 amide bonds. The number of hydrogen-bond donors (Lipinski definition) is 0. The first-order valence-electron chi connectivity index (χ1n) is 20.5. The largest absolute Gasteiger partial charge is 0.457 e. The van der Waals surface area contributed by atoms with Gasteiger partial charge in [-0.3, -0.25) is 4.98 Å². The van der Waals surface area contributed by atoms with E-state index < -0.39 is 5.41 Å². The minimum atomic E-state index is -0.456. The molecule has 1 spiro atoms. The maximum atomic E-state index is 6.73. The van der Waals surface area contributed by atoms with Gasteiger partial charge >= 0.3 is 0 Å². The fourth-order valence-electron chi connectivity index (χ4n) is 9.67. The number of allylic oxidation sites excluding steroid dienone is 4. The number of para-hydroxylation sites is 2. The second-order valence-corrected chi connectivity index (χ2v) is 15.6. The summed E-state index contributed by atoms with van der Waals surface area (Å²) in [6.45, 7) is 0. The number of ether oxygens (including phenoxy) is 1. The second kappa shape index (κ2) is 13.7. The molecule has 3 heterocycles. The molecule has 12 rings (SSSR count). The Labute approximate surface area is 348 Å². The molecule has 1 aliphatic heterocycles. The summed E-state index contributed by atoms with van der Waals surface area (Å²) in [5, 5.41) is 1.11. The van der Waals surface area contributed by atoms with Crippen molar-refractivity contribution in [2.75, 3.05) is 0 Å². The average Bonchev–Trinajstić information content (AvgIpc) is 3.62. The van der Waals surface area contributed by atoms with Crippen molar-refractivity contribution in [3.63, 3.8) is 0 Å². The predicted octanol–water partition coefficient (Wildman–Crippen LogP) is 13.3. The van der Waals surface area contributed by atoms with Crippen LogP contribution in [0.2, 0.25) is 0 Å². The molecule has 0 saturated heterocycles. The van der Waals surface area contributed by atoms with E-state index in [2.05, 4.69) is 157 Å². The minimum absolute atomic E-state index is 0.456. The molecule has 5 nitrogen and oxygen atoms in total. The van der Waals surface area contributed by atoms with Crippen LogP contribution in [0.1, 0.15) is 35.1 Å². The number of fused-ring (bicyclic) bond motifs is 9. The van der Waals surface area contributed by atoms with Gasteiger partial charge in [-0.15, -0.1) is 0 Å². The number of pyridine rings is 1. The van der Waals surface area contributed by atoms with Crippen LogP contribution in [0.5, 0.6) is 11.5 Å². The topological polar surface area (TPSA) is 60.8 Å². The molecule has 0 N–H and O–H groups in total. The van der Waals surface area contributed by atoms with Crippen LogP contribution in [-0.4, -0.2) is 19.9 Å². The zero-order valence-corrected chi connectivity index (χ0v) is 32.6. The van der Waals surface area contributed by atoms with E-state index >= 15 is 0 Å². The van der Waals surface area contributed by atoms with E-state index in [1.54, 1.807) is 0 Å². The quantitative estimate of drug-likeness (QED) is 0.174. The van der Waals surface area contributed by atoms with E-state index in [-0.39, 0.29) is 0 Å². The molecule has 1 atom stereocenters. The summed E-state index contributed by atoms with van der Waals surface area (Å²) in [4.78, 5) is 20.0. The lowest BCUT2D eigenvalue weighted by Gasteiger charge is -2.41. The lowest BCUT2D eigenvalue weighted by Crippen LogP contribution is -2.33. The molecule has 9 aromatic rings. The molecule has 5 heteroatoms. The average molecular weight is 769 g/mol. The number of benzene rings is 7. The predicted molar refractivity (Wildman–Crippen MR) is 240 cm³/mol. The maximum absolute atomic E-state index is 6.73. The van der Waals surface area contributed by atoms with Crippen LogP contribution in [0.3, 0.4) is 0 Å². The molecule has 2 aliphatic carbocycles. The fraction of sp³-hybridized carbons (Fsp3) is 0.0545. The van der Waals surface area contributed by atoms with Crippen molar-refractivity contribution in [1.29, 1.82) is 0 Å². The standard InChI is InChI=1S/C55H36N4O/c1-2-13-37(14-3-1)52-57-53(38-28-26-35(27-29-38)42-21-11-15-36-18-12-32-56-51(36)42)59-54(58-52)41-17-10-16-39(33-41)40-30-31-50-48(34-40)55(47-24-8-9-25-49(47)60-50)45-22-6-4-19-43(45)44-20-5-7-23-46(44)55/h1-6,8-22,24-34H,7,23H2. The first-order valence-corrected chi connectivity index (χ1v) is 20.5. The number of rotatable bonds is 5. The molecule has 0 saturated carbocycles. The summed E-state index contributed by atoms with van der Waals surface area (Å²) in [6.07, 6.45) is 8.50. The van der Waals surface area contributed by atoms with Gasteiger partial charge in [-0.25, -0.2) is 15.0 Å². The zero-order valence-electron chi connectivity index (χ0n) is 32.6. The van der Waals surface area contributed by atoms with E-state index in [0.29, 0.717) is 17.5 Å². The molecule has 3 aliphatic rings. The third-order valence-electron chi connectivity index (χ3n) is 12.3. The Kier molecular flexibility index (Phi) is 7.82. The normalized spacial score (nSPS) is 15.9. The Morgan fingerprint density at radius 3 is 1.93 bits per heavy atom. The summed E-state index contributed by atoms with van der Waals surface area (Å²) in [5.74, 6) is 3.66. The molecule has 2 aromatic heterocycles. The van der Waals surface area contributed by atoms with Crippen LogP contribution < -0.4 is 4.74 Å². The van der Waals surface area contributed by atoms with Crippen molar-refractivity contribution in [2.45, 2.75) is 18.3 Å². The van der Waals surface area contributed by atoms with Crippen molar-refractivity contribution in [3.05, 3.63) is 222 Å². The number of aromatic nitrogens is 4. The number of nitrogens with zero attached hydrogens (tertiary/aromatic N) is 4. The van der Waals surface area contributed by atoms with Gasteiger partial charge in [-0.2, -0.15) is 0 Å². The highest BCUT2D eigenvalue weighted by molar-refractivity contribution is 5.94. The van der Waals surface area contributed by atoms with Crippen molar-refractivity contribution in [2.24, 2.45) is 0 Å². The SMILES string of the molecule is C1=CC2=C(CC1)C1(c3ccccc3Oc3ccc(-c4cccc(-c5nc(-c6ccccc6)nc(-c6ccc(-c7cccc8cccnc78)cc6)n5)c4)cc31)c1ccccc12. The molecule has 0 fully saturated rings. The van der Waals surface area contributed by atoms with Crippen LogP contribution >= 0.6 is 0 Å². The van der Waals surface area contributed by atoms with Gasteiger partial charge in [-0.05, 0) is 82.1 Å². The lowest BCUT2D eigenvalue weighted by molar-refractivity contribution is 0.432. The molecule has 1 unspecified atom stereocenters. The highest BCUT2D eigenvalue weighted by Gasteiger charge is 2.52. The van der Waals surface area contributed by atoms with Crippen molar-refractivity contribution < 1.29 is 4.74 Å². The van der Waals surface area contributed by atoms with Gasteiger partial charge in [0.2, 0.25) is 0 Å². The third-order valence-corrected chi connectivity index (χ3v) is 12.3. The maximum Gasteiger partial charge on any atom is 0.164 e. The highest BCUT2D eigenvalue weighted by atomic mass is 16.5. The zero-order chi connectivity index (χ0) is 39.6. The Bertz CT molecular complexity index is 3240. The Hall–Kier alpha value is -7.76. The van der Waals surface area contributed by atoms with Crippen LogP contribution in [-0.2, 0) is 5.41 Å². The van der Waals surface area contributed by atoms with Crippen LogP contribution in [0.25, 0.3) is 72.9 Å². The summed E-state index contributed by atoms with van der Waals surface area (Å²) < 4.78 is 6.73. The van der Waals surface area contributed by atoms with Crippen LogP contribution in [0.4, 0.5) is 0 Å². The lowest BCUT2D eigenvalue weighted by atomic mass is 9.64. The van der Waals surface area contributed by atoms with Gasteiger partial charge in [0.25, 0.3) is 0 Å². The third kappa shape index (κ3) is 5.33. The summed E-state index contributed by atoms with van der Waals surface area (Å²) in [5.41, 5.74) is 15.4. The molecule has 7 aromatic carbocycles. The van der Waals surface area contributed by atoms with Gasteiger partial charge in [0.15, 0.2) is 17.5 Å². The molecular weight excluding hydrogens is 733 g/mol. The van der Waals surface area contributed by atoms with Gasteiger partial charge in [-0.1, -0.05) is 158 Å². The Morgan fingerprint density at radius 2 is 1.07 bits per heavy atom. The first kappa shape index (κ1) is 34.3. The van der Waals surface area contributed by atoms with E-state index in [0.717, 1.165) is 74.2 Å². The van der Waals surface area contributed by atoms with E-state index in [1.807, 2.05) is 42.6 Å². The Balaban J connectivity index is 0.978. The van der Waals surface area contributed by atoms with E-state index in [1.165, 1.54) is 33.4 Å². The van der Waals surface area contributed by atoms with Crippen molar-refractivity contribution in [3.8, 4) is 67.9 Å². The monoisotopic (exact) mass is 768 g/mol. The smallest absolute Gasteiger partial charge is 0.164 e. The van der Waals surface area contributed by atoms with Gasteiger partial charge < -0.3 is 4.74 Å². The minimum Gasteiger partial charge on any atom is -0.457 e. The second-order valence-electron chi connectivity index (χ2n) is 15.6. The first-order chi connectivity index (χ1) is 29.7. The van der Waals surface area contributed by atoms with Crippen molar-refractivity contribution in [1.82, 2.24) is 19.9 Å². The fourth-order valence-corrected chi connectivity index (χ4v) is 9.67. The van der Waals surface area contributed by atoms with E-state index in [4.69, 9.17) is 19.7 Å². The van der Waals surface area contributed by atoms with E-state index in [9.17, 15) is 0 Å². The molecular formula is C55H36N4O. The highest BCUT2D eigenvalue weighted by Crippen LogP contribution is 2.63. The molecule has 0 radical (unpaired) electrons. The molecule has 0 bridgehead atoms. The van der Waals surface area contributed by atoms with Gasteiger partial charge in [0.1, 0.15) is 11.5 Å². The number of hydrogen-bond acceptors (Lipinski definition) is 5. The summed E-state index contributed by atoms with van der Waals surface area (Å²) in [7, 11) is 0. The summed E-state index contributed by atoms with van der Waals surface area (Å²) in [6, 6.07) is 61.7. The van der Waals surface area contributed by atoms with Crippen molar-refractivity contribution >= 4 is 16.5 Å². The van der Waals surface area contributed by atoms with Crippen LogP contribution in [0, 0.1) is 0 Å². The van der Waals surface area contributed by atoms with Gasteiger partial charge in [0.05, 0.1) is 10.9 Å². The summed E-state index contributed by atoms with van der Waals surface area (Å²) >= 11 is 0. The van der Waals surface area contributed by atoms with Crippen LogP contribution in [0.15, 0.2) is 200 Å². The molecule has 282 valence electrons. The Morgan fingerprint density at radius 1 is 0.450 bits per heavy atom.